The van der Waals surface area contributed by atoms with E-state index >= 15 is 0 Å². The van der Waals surface area contributed by atoms with Crippen molar-refractivity contribution in [3.8, 4) is 0 Å². The molecule has 206 valence electrons. The van der Waals surface area contributed by atoms with Crippen LogP contribution >= 0.6 is 19.6 Å². The Bertz CT molecular complexity index is 602. The summed E-state index contributed by atoms with van der Waals surface area (Å²) in [6.07, 6.45) is 20.5. The van der Waals surface area contributed by atoms with Crippen molar-refractivity contribution in [2.75, 3.05) is 37.5 Å². The predicted octanol–water partition coefficient (Wildman–Crippen LogP) is 5.63. The van der Waals surface area contributed by atoms with Crippen molar-refractivity contribution in [1.82, 2.24) is 4.72 Å². The second-order valence-corrected chi connectivity index (χ2v) is 13.2. The van der Waals surface area contributed by atoms with Gasteiger partial charge in [0.25, 0.3) is 0 Å². The number of unbranched alkanes of at least 4 members (excludes halogenated alkanes) is 14. The third-order valence-corrected chi connectivity index (χ3v) is 7.84. The highest BCUT2D eigenvalue weighted by Crippen LogP contribution is 2.36. The monoisotopic (exact) mass is 547 g/mol. The van der Waals surface area contributed by atoms with E-state index in [1.807, 2.05) is 0 Å². The summed E-state index contributed by atoms with van der Waals surface area (Å²) in [6.45, 7) is 2.25. The highest BCUT2D eigenvalue weighted by Gasteiger charge is 2.19. The van der Waals surface area contributed by atoms with Gasteiger partial charge in [0, 0.05) is 12.3 Å². The number of thioether (sulfide) groups is 1. The Hall–Kier alpha value is 0.330. The van der Waals surface area contributed by atoms with E-state index < -0.39 is 23.9 Å². The molecule has 0 aromatic carbocycles. The van der Waals surface area contributed by atoms with Crippen molar-refractivity contribution in [3.63, 3.8) is 0 Å². The maximum Gasteiger partial charge on any atom is 0.469 e. The molecule has 0 heterocycles. The molecule has 8 nitrogen and oxygen atoms in total. The van der Waals surface area contributed by atoms with Crippen LogP contribution in [0.15, 0.2) is 0 Å². The van der Waals surface area contributed by atoms with Crippen molar-refractivity contribution in [1.29, 1.82) is 0 Å². The van der Waals surface area contributed by atoms with Crippen LogP contribution < -0.4 is 4.72 Å². The lowest BCUT2D eigenvalue weighted by molar-refractivity contribution is 0.0293. The molecule has 0 saturated carbocycles. The lowest BCUT2D eigenvalue weighted by Crippen LogP contribution is -2.30. The van der Waals surface area contributed by atoms with Gasteiger partial charge in [-0.05, 0) is 12.2 Å². The molecule has 0 radical (unpaired) electrons. The molecule has 0 spiro atoms. The lowest BCUT2D eigenvalue weighted by atomic mass is 10.0. The smallest absolute Gasteiger partial charge is 0.374 e. The largest absolute Gasteiger partial charge is 0.469 e. The number of hydrogen-bond donors (Lipinski definition) is 3. The number of nitrogens with one attached hydrogen (secondary N) is 1. The maximum absolute atomic E-state index is 11.1. The van der Waals surface area contributed by atoms with E-state index in [0.29, 0.717) is 5.75 Å². The van der Waals surface area contributed by atoms with E-state index in [-0.39, 0.29) is 19.8 Å². The van der Waals surface area contributed by atoms with Crippen LogP contribution in [0.3, 0.4) is 0 Å². The molecule has 0 aromatic heterocycles. The minimum Gasteiger partial charge on any atom is -0.374 e. The molecule has 0 aliphatic rings. The summed E-state index contributed by atoms with van der Waals surface area (Å²) >= 11 is 1.66. The van der Waals surface area contributed by atoms with Gasteiger partial charge in [-0.3, -0.25) is 4.52 Å². The van der Waals surface area contributed by atoms with E-state index in [9.17, 15) is 13.0 Å². The standard InChI is InChI=1S/C23H50NO7PS2/c1-3-4-5-6-7-8-9-10-11-12-13-14-15-16-17-20-33-22-23(21-31-32(25,26)27)30-19-18-24-34(2,28)29/h23-24H,3-22H2,1-2H3,(H2,25,26,27). The molecular formula is C23H50NO7PS2. The van der Waals surface area contributed by atoms with Crippen LogP contribution in [0.25, 0.3) is 0 Å². The van der Waals surface area contributed by atoms with E-state index in [2.05, 4.69) is 16.2 Å². The maximum atomic E-state index is 11.1. The van der Waals surface area contributed by atoms with Gasteiger partial charge in [0.2, 0.25) is 10.0 Å². The van der Waals surface area contributed by atoms with Crippen LogP contribution in [0.4, 0.5) is 0 Å². The van der Waals surface area contributed by atoms with E-state index in [1.165, 1.54) is 89.9 Å². The molecule has 0 bridgehead atoms. The quantitative estimate of drug-likeness (QED) is 0.0940. The number of sulfonamides is 1. The molecule has 11 heteroatoms. The van der Waals surface area contributed by atoms with Crippen LogP contribution in [0, 0.1) is 0 Å². The summed E-state index contributed by atoms with van der Waals surface area (Å²) in [4.78, 5) is 17.8. The fraction of sp³-hybridized carbons (Fsp3) is 1.00. The molecule has 0 fully saturated rings. The minimum absolute atomic E-state index is 0.106. The predicted molar refractivity (Wildman–Crippen MR) is 143 cm³/mol. The Morgan fingerprint density at radius 3 is 1.76 bits per heavy atom. The van der Waals surface area contributed by atoms with Gasteiger partial charge in [-0.15, -0.1) is 0 Å². The van der Waals surface area contributed by atoms with Gasteiger partial charge in [0.15, 0.2) is 0 Å². The number of hydrogen-bond acceptors (Lipinski definition) is 6. The first-order valence-corrected chi connectivity index (χ1v) is 17.6. The highest BCUT2D eigenvalue weighted by atomic mass is 32.2. The average molecular weight is 548 g/mol. The summed E-state index contributed by atoms with van der Waals surface area (Å²) < 4.78 is 45.5. The second-order valence-electron chi connectivity index (χ2n) is 8.97. The SMILES string of the molecule is CCCCCCCCCCCCCCCCCSCC(COP(=O)(O)O)OCCNS(C)(=O)=O. The first-order chi connectivity index (χ1) is 16.1. The molecule has 3 N–H and O–H groups in total. The van der Waals surface area contributed by atoms with Crippen LogP contribution in [0.2, 0.25) is 0 Å². The van der Waals surface area contributed by atoms with Gasteiger partial charge in [-0.1, -0.05) is 96.8 Å². The third kappa shape index (κ3) is 28.6. The Labute approximate surface area is 213 Å². The number of ether oxygens (including phenoxy) is 1. The molecule has 0 saturated heterocycles. The van der Waals surface area contributed by atoms with Crippen molar-refractivity contribution < 1.29 is 32.0 Å². The second kappa shape index (κ2) is 22.5. The molecule has 0 aromatic rings. The number of rotatable bonds is 26. The fourth-order valence-electron chi connectivity index (χ4n) is 3.57. The third-order valence-electron chi connectivity index (χ3n) is 5.44. The van der Waals surface area contributed by atoms with Crippen LogP contribution in [0.5, 0.6) is 0 Å². The van der Waals surface area contributed by atoms with Crippen LogP contribution in [-0.4, -0.2) is 61.8 Å². The lowest BCUT2D eigenvalue weighted by Gasteiger charge is -2.18. The summed E-state index contributed by atoms with van der Waals surface area (Å²) in [5.74, 6) is 1.49. The zero-order valence-corrected chi connectivity index (χ0v) is 23.9. The summed E-state index contributed by atoms with van der Waals surface area (Å²) in [6, 6.07) is 0. The van der Waals surface area contributed by atoms with Crippen LogP contribution in [-0.2, 0) is 23.8 Å². The summed E-state index contributed by atoms with van der Waals surface area (Å²) in [5, 5.41) is 0. The van der Waals surface area contributed by atoms with Gasteiger partial charge >= 0.3 is 7.82 Å². The zero-order valence-electron chi connectivity index (χ0n) is 21.4. The van der Waals surface area contributed by atoms with Crippen LogP contribution in [0.1, 0.15) is 103 Å². The Morgan fingerprint density at radius 1 is 0.853 bits per heavy atom. The van der Waals surface area contributed by atoms with Crippen molar-refractivity contribution in [2.24, 2.45) is 0 Å². The topological polar surface area (TPSA) is 122 Å². The van der Waals surface area contributed by atoms with E-state index in [0.717, 1.165) is 18.4 Å². The zero-order chi connectivity index (χ0) is 25.5. The van der Waals surface area contributed by atoms with Gasteiger partial charge in [0.05, 0.1) is 25.6 Å². The Kier molecular flexibility index (Phi) is 22.7. The highest BCUT2D eigenvalue weighted by molar-refractivity contribution is 7.99. The molecular weight excluding hydrogens is 497 g/mol. The normalized spacial score (nSPS) is 13.4. The Morgan fingerprint density at radius 2 is 1.32 bits per heavy atom. The fourth-order valence-corrected chi connectivity index (χ4v) is 5.41. The molecule has 1 atom stereocenters. The van der Waals surface area contributed by atoms with Crippen molar-refractivity contribution in [3.05, 3.63) is 0 Å². The first kappa shape index (κ1) is 34.3. The van der Waals surface area contributed by atoms with Gasteiger partial charge in [0.1, 0.15) is 0 Å². The first-order valence-electron chi connectivity index (χ1n) is 13.0. The average Bonchev–Trinajstić information content (AvgIpc) is 2.75. The molecule has 0 amide bonds. The number of phosphoric acid groups is 1. The molecule has 0 rings (SSSR count). The minimum atomic E-state index is -4.56. The van der Waals surface area contributed by atoms with Gasteiger partial charge in [-0.2, -0.15) is 11.8 Å². The molecule has 0 aliphatic carbocycles. The van der Waals surface area contributed by atoms with E-state index in [4.69, 9.17) is 14.5 Å². The molecule has 1 unspecified atom stereocenters. The van der Waals surface area contributed by atoms with Crippen molar-refractivity contribution in [2.45, 2.75) is 109 Å². The van der Waals surface area contributed by atoms with E-state index in [1.54, 1.807) is 11.8 Å². The van der Waals surface area contributed by atoms with Crippen molar-refractivity contribution >= 4 is 29.6 Å². The van der Waals surface area contributed by atoms with Gasteiger partial charge in [-0.25, -0.2) is 17.7 Å². The summed E-state index contributed by atoms with van der Waals surface area (Å²) in [7, 11) is -7.86. The Balaban J connectivity index is 3.65. The van der Waals surface area contributed by atoms with Gasteiger partial charge < -0.3 is 14.5 Å². The molecule has 0 aliphatic heterocycles. The molecule has 34 heavy (non-hydrogen) atoms. The summed E-state index contributed by atoms with van der Waals surface area (Å²) in [5.41, 5.74) is 0. The number of phosphoric ester groups is 1.